The van der Waals surface area contributed by atoms with E-state index in [1.165, 1.54) is 6.33 Å². The van der Waals surface area contributed by atoms with Gasteiger partial charge in [-0.25, -0.2) is 9.97 Å². The summed E-state index contributed by atoms with van der Waals surface area (Å²) in [6, 6.07) is 1.58. The normalized spacial score (nSPS) is 9.69. The van der Waals surface area contributed by atoms with Crippen LogP contribution in [-0.4, -0.2) is 16.6 Å². The van der Waals surface area contributed by atoms with Crippen LogP contribution in [0.5, 0.6) is 5.88 Å². The molecule has 3 nitrogen and oxygen atoms in total. The third-order valence-corrected chi connectivity index (χ3v) is 1.59. The highest BCUT2D eigenvalue weighted by Gasteiger charge is 1.96. The van der Waals surface area contributed by atoms with Crippen molar-refractivity contribution in [1.82, 2.24) is 9.97 Å². The zero-order chi connectivity index (χ0) is 9.68. The fraction of sp³-hybridized carbons (Fsp3) is 0.333. The molecule has 0 aliphatic heterocycles. The average molecular weight is 199 g/mol. The zero-order valence-electron chi connectivity index (χ0n) is 7.46. The van der Waals surface area contributed by atoms with Crippen molar-refractivity contribution in [2.75, 3.05) is 6.61 Å². The van der Waals surface area contributed by atoms with Crippen molar-refractivity contribution in [3.05, 3.63) is 29.7 Å². The maximum absolute atomic E-state index is 5.64. The summed E-state index contributed by atoms with van der Waals surface area (Å²) in [5.41, 5.74) is 1.08. The number of hydrogen-bond donors (Lipinski definition) is 0. The van der Waals surface area contributed by atoms with Crippen LogP contribution in [0.2, 0.25) is 5.15 Å². The topological polar surface area (TPSA) is 35.0 Å². The third-order valence-electron chi connectivity index (χ3n) is 1.39. The van der Waals surface area contributed by atoms with E-state index in [1.807, 2.05) is 6.92 Å². The van der Waals surface area contributed by atoms with Gasteiger partial charge in [0.1, 0.15) is 11.5 Å². The quantitative estimate of drug-likeness (QED) is 0.551. The molecule has 0 spiro atoms. The lowest BCUT2D eigenvalue weighted by molar-refractivity contribution is 0.309. The Labute approximate surface area is 82.4 Å². The second-order valence-electron chi connectivity index (χ2n) is 2.73. The van der Waals surface area contributed by atoms with Crippen molar-refractivity contribution in [2.45, 2.75) is 13.3 Å². The van der Waals surface area contributed by atoms with Crippen molar-refractivity contribution in [1.29, 1.82) is 0 Å². The lowest BCUT2D eigenvalue weighted by Gasteiger charge is -2.03. The number of halogens is 1. The van der Waals surface area contributed by atoms with E-state index in [9.17, 15) is 0 Å². The Balaban J connectivity index is 2.41. The Bertz CT molecular complexity index is 301. The molecule has 0 radical (unpaired) electrons. The van der Waals surface area contributed by atoms with Gasteiger partial charge in [0.15, 0.2) is 0 Å². The first-order valence-electron chi connectivity index (χ1n) is 3.93. The Kier molecular flexibility index (Phi) is 3.71. The lowest BCUT2D eigenvalue weighted by Crippen LogP contribution is -1.99. The maximum Gasteiger partial charge on any atom is 0.217 e. The van der Waals surface area contributed by atoms with E-state index in [0.717, 1.165) is 12.0 Å². The molecule has 0 bridgehead atoms. The van der Waals surface area contributed by atoms with Gasteiger partial charge in [0.25, 0.3) is 0 Å². The fourth-order valence-corrected chi connectivity index (χ4v) is 0.863. The predicted octanol–water partition coefficient (Wildman–Crippen LogP) is 2.48. The molecule has 0 aromatic carbocycles. The summed E-state index contributed by atoms with van der Waals surface area (Å²) in [5.74, 6) is 0.501. The van der Waals surface area contributed by atoms with E-state index in [4.69, 9.17) is 16.3 Å². The van der Waals surface area contributed by atoms with Gasteiger partial charge in [-0.15, -0.1) is 6.58 Å². The molecule has 0 amide bonds. The maximum atomic E-state index is 5.64. The Morgan fingerprint density at radius 3 is 3.00 bits per heavy atom. The molecule has 0 saturated carbocycles. The number of aromatic nitrogens is 2. The van der Waals surface area contributed by atoms with Crippen LogP contribution in [0, 0.1) is 0 Å². The summed E-state index contributed by atoms with van der Waals surface area (Å²) in [6.45, 7) is 6.29. The number of rotatable bonds is 4. The Morgan fingerprint density at radius 2 is 2.38 bits per heavy atom. The number of ether oxygens (including phenoxy) is 1. The summed E-state index contributed by atoms with van der Waals surface area (Å²) in [5, 5.41) is 0.389. The molecule has 0 saturated heterocycles. The number of nitrogens with zero attached hydrogens (tertiary/aromatic N) is 2. The Hall–Kier alpha value is -1.09. The first kappa shape index (κ1) is 9.99. The summed E-state index contributed by atoms with van der Waals surface area (Å²) >= 11 is 5.64. The van der Waals surface area contributed by atoms with Crippen molar-refractivity contribution in [2.24, 2.45) is 0 Å². The zero-order valence-corrected chi connectivity index (χ0v) is 8.21. The molecular formula is C9H11ClN2O. The number of hydrogen-bond acceptors (Lipinski definition) is 3. The minimum atomic E-state index is 0.389. The van der Waals surface area contributed by atoms with Gasteiger partial charge in [-0.05, 0) is 6.92 Å². The second-order valence-corrected chi connectivity index (χ2v) is 3.12. The monoisotopic (exact) mass is 198 g/mol. The van der Waals surface area contributed by atoms with Crippen LogP contribution < -0.4 is 4.74 Å². The molecule has 1 aromatic heterocycles. The molecule has 1 heterocycles. The highest BCUT2D eigenvalue weighted by atomic mass is 35.5. The van der Waals surface area contributed by atoms with Gasteiger partial charge in [-0.3, -0.25) is 0 Å². The molecule has 0 unspecified atom stereocenters. The van der Waals surface area contributed by atoms with Crippen molar-refractivity contribution in [3.63, 3.8) is 0 Å². The second kappa shape index (κ2) is 4.82. The van der Waals surface area contributed by atoms with E-state index < -0.39 is 0 Å². The van der Waals surface area contributed by atoms with Crippen molar-refractivity contribution < 1.29 is 4.74 Å². The van der Waals surface area contributed by atoms with E-state index >= 15 is 0 Å². The van der Waals surface area contributed by atoms with Crippen molar-refractivity contribution in [3.8, 4) is 5.88 Å². The van der Waals surface area contributed by atoms with Gasteiger partial charge in [0, 0.05) is 12.5 Å². The molecule has 0 aliphatic carbocycles. The van der Waals surface area contributed by atoms with Crippen LogP contribution in [0.15, 0.2) is 24.5 Å². The lowest BCUT2D eigenvalue weighted by atomic mass is 10.3. The summed E-state index contributed by atoms with van der Waals surface area (Å²) in [4.78, 5) is 7.63. The first-order chi connectivity index (χ1) is 6.18. The van der Waals surface area contributed by atoms with Gasteiger partial charge in [0.2, 0.25) is 5.88 Å². The third kappa shape index (κ3) is 3.90. The van der Waals surface area contributed by atoms with Gasteiger partial charge >= 0.3 is 0 Å². The first-order valence-corrected chi connectivity index (χ1v) is 4.31. The molecule has 0 aliphatic rings. The van der Waals surface area contributed by atoms with E-state index in [-0.39, 0.29) is 0 Å². The molecule has 13 heavy (non-hydrogen) atoms. The minimum Gasteiger partial charge on any atom is -0.477 e. The van der Waals surface area contributed by atoms with Crippen LogP contribution in [0.3, 0.4) is 0 Å². The van der Waals surface area contributed by atoms with Crippen LogP contribution in [0.1, 0.15) is 13.3 Å². The SMILES string of the molecule is C=C(C)CCOc1cc(Cl)ncn1. The molecule has 1 aromatic rings. The fourth-order valence-electron chi connectivity index (χ4n) is 0.726. The van der Waals surface area contributed by atoms with Crippen LogP contribution in [0.25, 0.3) is 0 Å². The standard InChI is InChI=1S/C9H11ClN2O/c1-7(2)3-4-13-9-5-8(10)11-6-12-9/h5-6H,1,3-4H2,2H3. The van der Waals surface area contributed by atoms with E-state index in [1.54, 1.807) is 6.07 Å². The molecular weight excluding hydrogens is 188 g/mol. The van der Waals surface area contributed by atoms with E-state index in [2.05, 4.69) is 16.5 Å². The highest BCUT2D eigenvalue weighted by molar-refractivity contribution is 6.29. The summed E-state index contributed by atoms with van der Waals surface area (Å²) < 4.78 is 5.30. The van der Waals surface area contributed by atoms with E-state index in [0.29, 0.717) is 17.6 Å². The van der Waals surface area contributed by atoms with Crippen molar-refractivity contribution >= 4 is 11.6 Å². The predicted molar refractivity (Wildman–Crippen MR) is 52.0 cm³/mol. The molecule has 0 N–H and O–H groups in total. The van der Waals surface area contributed by atoms with Gasteiger partial charge < -0.3 is 4.74 Å². The van der Waals surface area contributed by atoms with Gasteiger partial charge in [-0.1, -0.05) is 17.2 Å². The smallest absolute Gasteiger partial charge is 0.217 e. The summed E-state index contributed by atoms with van der Waals surface area (Å²) in [7, 11) is 0. The minimum absolute atomic E-state index is 0.389. The Morgan fingerprint density at radius 1 is 1.62 bits per heavy atom. The van der Waals surface area contributed by atoms with Gasteiger partial charge in [-0.2, -0.15) is 0 Å². The van der Waals surface area contributed by atoms with Crippen LogP contribution in [0.4, 0.5) is 0 Å². The van der Waals surface area contributed by atoms with Crippen LogP contribution in [-0.2, 0) is 0 Å². The van der Waals surface area contributed by atoms with Crippen LogP contribution >= 0.6 is 11.6 Å². The summed E-state index contributed by atoms with van der Waals surface area (Å²) in [6.07, 6.45) is 2.19. The van der Waals surface area contributed by atoms with Gasteiger partial charge in [0.05, 0.1) is 6.61 Å². The average Bonchev–Trinajstić information content (AvgIpc) is 2.03. The molecule has 0 fully saturated rings. The molecule has 0 atom stereocenters. The molecule has 1 rings (SSSR count). The molecule has 4 heteroatoms. The molecule has 70 valence electrons. The largest absolute Gasteiger partial charge is 0.477 e. The highest BCUT2D eigenvalue weighted by Crippen LogP contribution is 2.11.